The average Bonchev–Trinajstić information content (AvgIpc) is 2.37. The third-order valence-electron chi connectivity index (χ3n) is 3.14. The Bertz CT molecular complexity index is 399. The van der Waals surface area contributed by atoms with Crippen molar-refractivity contribution in [2.75, 3.05) is 24.7 Å². The Balaban J connectivity index is 1.98. The number of nitrogens with zero attached hydrogens (tertiary/aromatic N) is 3. The lowest BCUT2D eigenvalue weighted by atomic mass is 10.1. The van der Waals surface area contributed by atoms with Crippen molar-refractivity contribution < 1.29 is 4.74 Å². The van der Waals surface area contributed by atoms with Gasteiger partial charge in [-0.1, -0.05) is 0 Å². The van der Waals surface area contributed by atoms with E-state index in [2.05, 4.69) is 47.9 Å². The summed E-state index contributed by atoms with van der Waals surface area (Å²) in [7, 11) is 0. The van der Waals surface area contributed by atoms with E-state index in [4.69, 9.17) is 4.74 Å². The number of aromatic nitrogens is 2. The van der Waals surface area contributed by atoms with Crippen LogP contribution in [0.1, 0.15) is 33.3 Å². The zero-order valence-electron chi connectivity index (χ0n) is 12.3. The van der Waals surface area contributed by atoms with Crippen molar-refractivity contribution in [1.29, 1.82) is 0 Å². The molecule has 1 atom stereocenters. The van der Waals surface area contributed by atoms with E-state index in [0.717, 1.165) is 37.8 Å². The van der Waals surface area contributed by atoms with E-state index >= 15 is 0 Å². The van der Waals surface area contributed by atoms with Crippen LogP contribution in [0.2, 0.25) is 0 Å². The Hall–Kier alpha value is -1.20. The molecule has 1 aromatic heterocycles. The van der Waals surface area contributed by atoms with Crippen molar-refractivity contribution in [3.8, 4) is 0 Å². The summed E-state index contributed by atoms with van der Waals surface area (Å²) in [6.45, 7) is 11.7. The summed E-state index contributed by atoms with van der Waals surface area (Å²) in [5, 5.41) is 3.43. The SMILES string of the molecule is CC1COCCN1c1ncc(CNC(C)(C)C)cn1. The standard InChI is InChI=1S/C14H24N4O/c1-11-10-19-6-5-18(11)13-15-7-12(8-16-13)9-17-14(2,3)4/h7-8,11,17H,5-6,9-10H2,1-4H3. The van der Waals surface area contributed by atoms with Crippen LogP contribution in [-0.4, -0.2) is 41.3 Å². The first-order valence-corrected chi connectivity index (χ1v) is 6.86. The second-order valence-electron chi connectivity index (χ2n) is 6.11. The van der Waals surface area contributed by atoms with Crippen LogP contribution in [0.3, 0.4) is 0 Å². The summed E-state index contributed by atoms with van der Waals surface area (Å²) >= 11 is 0. The molecule has 0 bridgehead atoms. The molecule has 19 heavy (non-hydrogen) atoms. The summed E-state index contributed by atoms with van der Waals surface area (Å²) in [4.78, 5) is 11.1. The van der Waals surface area contributed by atoms with Gasteiger partial charge in [-0.15, -0.1) is 0 Å². The van der Waals surface area contributed by atoms with E-state index in [-0.39, 0.29) is 5.54 Å². The van der Waals surface area contributed by atoms with Gasteiger partial charge in [0.25, 0.3) is 0 Å². The number of ether oxygens (including phenoxy) is 1. The first-order valence-electron chi connectivity index (χ1n) is 6.86. The Morgan fingerprint density at radius 2 is 2.05 bits per heavy atom. The van der Waals surface area contributed by atoms with Gasteiger partial charge in [0.1, 0.15) is 0 Å². The average molecular weight is 264 g/mol. The molecule has 0 amide bonds. The van der Waals surface area contributed by atoms with Gasteiger partial charge in [-0.2, -0.15) is 0 Å². The van der Waals surface area contributed by atoms with Crippen molar-refractivity contribution in [3.05, 3.63) is 18.0 Å². The molecular formula is C14H24N4O. The van der Waals surface area contributed by atoms with Crippen LogP contribution in [0, 0.1) is 0 Å². The molecule has 1 N–H and O–H groups in total. The molecule has 5 heteroatoms. The Morgan fingerprint density at radius 3 is 2.63 bits per heavy atom. The molecule has 1 aliphatic heterocycles. The summed E-state index contributed by atoms with van der Waals surface area (Å²) in [6, 6.07) is 0.340. The number of rotatable bonds is 3. The molecule has 2 heterocycles. The number of hydrogen-bond donors (Lipinski definition) is 1. The van der Waals surface area contributed by atoms with Gasteiger partial charge in [0.05, 0.1) is 19.3 Å². The first-order chi connectivity index (χ1) is 8.96. The predicted molar refractivity (Wildman–Crippen MR) is 76.3 cm³/mol. The zero-order chi connectivity index (χ0) is 13.9. The second kappa shape index (κ2) is 5.84. The molecule has 1 aromatic rings. The number of anilines is 1. The zero-order valence-corrected chi connectivity index (χ0v) is 12.3. The quantitative estimate of drug-likeness (QED) is 0.898. The van der Waals surface area contributed by atoms with E-state index in [9.17, 15) is 0 Å². The Kier molecular flexibility index (Phi) is 4.37. The number of hydrogen-bond acceptors (Lipinski definition) is 5. The third kappa shape index (κ3) is 4.14. The molecule has 0 spiro atoms. The molecule has 106 valence electrons. The number of nitrogens with one attached hydrogen (secondary N) is 1. The van der Waals surface area contributed by atoms with Crippen LogP contribution in [0.15, 0.2) is 12.4 Å². The maximum Gasteiger partial charge on any atom is 0.225 e. The van der Waals surface area contributed by atoms with Gasteiger partial charge in [-0.05, 0) is 27.7 Å². The van der Waals surface area contributed by atoms with Gasteiger partial charge in [0.15, 0.2) is 0 Å². The van der Waals surface area contributed by atoms with Crippen molar-refractivity contribution in [2.24, 2.45) is 0 Å². The Labute approximate surface area is 115 Å². The smallest absolute Gasteiger partial charge is 0.225 e. The first kappa shape index (κ1) is 14.2. The normalized spacial score (nSPS) is 20.6. The summed E-state index contributed by atoms with van der Waals surface area (Å²) in [5.74, 6) is 0.801. The van der Waals surface area contributed by atoms with Crippen LogP contribution < -0.4 is 10.2 Å². The molecular weight excluding hydrogens is 240 g/mol. The maximum atomic E-state index is 5.43. The fourth-order valence-corrected chi connectivity index (χ4v) is 1.98. The largest absolute Gasteiger partial charge is 0.377 e. The molecule has 1 fully saturated rings. The van der Waals surface area contributed by atoms with E-state index in [1.807, 2.05) is 12.4 Å². The number of morpholine rings is 1. The molecule has 0 aromatic carbocycles. The van der Waals surface area contributed by atoms with E-state index < -0.39 is 0 Å². The monoisotopic (exact) mass is 264 g/mol. The van der Waals surface area contributed by atoms with Crippen molar-refractivity contribution in [2.45, 2.75) is 45.8 Å². The highest BCUT2D eigenvalue weighted by molar-refractivity contribution is 5.32. The van der Waals surface area contributed by atoms with Gasteiger partial charge in [-0.3, -0.25) is 0 Å². The van der Waals surface area contributed by atoms with E-state index in [1.165, 1.54) is 0 Å². The molecule has 0 saturated carbocycles. The molecule has 1 saturated heterocycles. The lowest BCUT2D eigenvalue weighted by Crippen LogP contribution is -2.44. The molecule has 1 unspecified atom stereocenters. The summed E-state index contributed by atoms with van der Waals surface area (Å²) in [6.07, 6.45) is 3.81. The van der Waals surface area contributed by atoms with Crippen LogP contribution in [0.4, 0.5) is 5.95 Å². The summed E-state index contributed by atoms with van der Waals surface area (Å²) < 4.78 is 5.43. The highest BCUT2D eigenvalue weighted by Crippen LogP contribution is 2.14. The van der Waals surface area contributed by atoms with Crippen LogP contribution in [-0.2, 0) is 11.3 Å². The lowest BCUT2D eigenvalue weighted by Gasteiger charge is -2.33. The topological polar surface area (TPSA) is 50.3 Å². The third-order valence-corrected chi connectivity index (χ3v) is 3.14. The van der Waals surface area contributed by atoms with Crippen molar-refractivity contribution >= 4 is 5.95 Å². The maximum absolute atomic E-state index is 5.43. The fraction of sp³-hybridized carbons (Fsp3) is 0.714. The molecule has 0 aliphatic carbocycles. The minimum Gasteiger partial charge on any atom is -0.377 e. The highest BCUT2D eigenvalue weighted by atomic mass is 16.5. The van der Waals surface area contributed by atoms with Gasteiger partial charge in [0.2, 0.25) is 5.95 Å². The molecule has 0 radical (unpaired) electrons. The fourth-order valence-electron chi connectivity index (χ4n) is 1.98. The van der Waals surface area contributed by atoms with E-state index in [1.54, 1.807) is 0 Å². The Morgan fingerprint density at radius 1 is 1.37 bits per heavy atom. The van der Waals surface area contributed by atoms with Gasteiger partial charge in [-0.25, -0.2) is 9.97 Å². The summed E-state index contributed by atoms with van der Waals surface area (Å²) in [5.41, 5.74) is 1.22. The van der Waals surface area contributed by atoms with Crippen molar-refractivity contribution in [3.63, 3.8) is 0 Å². The van der Waals surface area contributed by atoms with Crippen LogP contribution in [0.5, 0.6) is 0 Å². The minimum atomic E-state index is 0.109. The van der Waals surface area contributed by atoms with Gasteiger partial charge in [0, 0.05) is 36.6 Å². The molecule has 5 nitrogen and oxygen atoms in total. The van der Waals surface area contributed by atoms with Gasteiger partial charge >= 0.3 is 0 Å². The second-order valence-corrected chi connectivity index (χ2v) is 6.11. The highest BCUT2D eigenvalue weighted by Gasteiger charge is 2.21. The van der Waals surface area contributed by atoms with Crippen molar-refractivity contribution in [1.82, 2.24) is 15.3 Å². The predicted octanol–water partition coefficient (Wildman–Crippen LogP) is 1.59. The van der Waals surface area contributed by atoms with Gasteiger partial charge < -0.3 is 15.0 Å². The van der Waals surface area contributed by atoms with E-state index in [0.29, 0.717) is 6.04 Å². The molecule has 2 rings (SSSR count). The van der Waals surface area contributed by atoms with Crippen LogP contribution >= 0.6 is 0 Å². The van der Waals surface area contributed by atoms with Crippen LogP contribution in [0.25, 0.3) is 0 Å². The molecule has 1 aliphatic rings. The minimum absolute atomic E-state index is 0.109. The lowest BCUT2D eigenvalue weighted by molar-refractivity contribution is 0.0981.